The van der Waals surface area contributed by atoms with E-state index >= 15 is 0 Å². The minimum atomic E-state index is -0.463. The molecule has 106 valence electrons. The zero-order valence-electron chi connectivity index (χ0n) is 11.4. The molecule has 2 heterocycles. The predicted octanol–water partition coefficient (Wildman–Crippen LogP) is 2.28. The molecular weight excluding hydrogens is 246 g/mol. The molecule has 1 amide bonds. The third-order valence-corrected chi connectivity index (χ3v) is 3.64. The van der Waals surface area contributed by atoms with E-state index in [0.717, 1.165) is 25.0 Å². The summed E-state index contributed by atoms with van der Waals surface area (Å²) in [4.78, 5) is 21.9. The van der Waals surface area contributed by atoms with Crippen molar-refractivity contribution in [3.8, 4) is 0 Å². The van der Waals surface area contributed by atoms with Gasteiger partial charge < -0.3 is 14.2 Å². The second-order valence-electron chi connectivity index (χ2n) is 5.50. The van der Waals surface area contributed by atoms with Gasteiger partial charge in [0.05, 0.1) is 6.20 Å². The van der Waals surface area contributed by atoms with Crippen LogP contribution in [-0.2, 0) is 4.84 Å². The third-order valence-electron chi connectivity index (χ3n) is 3.64. The maximum Gasteiger partial charge on any atom is 0.428 e. The fraction of sp³-hybridized carbons (Fsp3) is 0.692. The van der Waals surface area contributed by atoms with Crippen LogP contribution < -0.4 is 5.90 Å². The molecule has 0 saturated carbocycles. The number of carbonyl (C=O) groups excluding carboxylic acids is 1. The summed E-state index contributed by atoms with van der Waals surface area (Å²) in [5.74, 6) is 6.55. The third kappa shape index (κ3) is 3.26. The molecule has 6 nitrogen and oxygen atoms in total. The summed E-state index contributed by atoms with van der Waals surface area (Å²) < 4.78 is 5.33. The second-order valence-corrected chi connectivity index (χ2v) is 5.50. The number of carbonyl (C=O) groups is 1. The average Bonchev–Trinajstić information content (AvgIpc) is 2.91. The molecule has 1 aromatic heterocycles. The maximum atomic E-state index is 11.8. The Morgan fingerprint density at radius 1 is 1.63 bits per heavy atom. The Bertz CT molecular complexity index is 405. The summed E-state index contributed by atoms with van der Waals surface area (Å²) in [6, 6.07) is 0.190. The fourth-order valence-electron chi connectivity index (χ4n) is 2.77. The lowest BCUT2D eigenvalue weighted by Gasteiger charge is -2.38. The van der Waals surface area contributed by atoms with Crippen LogP contribution in [0.3, 0.4) is 0 Å². The minimum Gasteiger partial charge on any atom is -0.448 e. The van der Waals surface area contributed by atoms with E-state index in [9.17, 15) is 4.79 Å². The molecule has 1 aliphatic rings. The Morgan fingerprint density at radius 2 is 2.42 bits per heavy atom. The van der Waals surface area contributed by atoms with Crippen LogP contribution in [0, 0.1) is 5.92 Å². The number of aromatic nitrogens is 1. The highest BCUT2D eigenvalue weighted by Gasteiger charge is 2.34. The van der Waals surface area contributed by atoms with E-state index in [1.54, 1.807) is 11.1 Å². The number of hydrogen-bond acceptors (Lipinski definition) is 5. The number of amides is 1. The molecule has 1 aromatic rings. The molecule has 2 unspecified atom stereocenters. The Kier molecular flexibility index (Phi) is 4.42. The number of hydrogen-bond donors (Lipinski definition) is 1. The molecule has 2 atom stereocenters. The molecule has 0 radical (unpaired) electrons. The fourth-order valence-corrected chi connectivity index (χ4v) is 2.77. The Hall–Kier alpha value is -1.56. The topological polar surface area (TPSA) is 81.6 Å². The summed E-state index contributed by atoms with van der Waals surface area (Å²) in [7, 11) is 0. The second kappa shape index (κ2) is 6.06. The van der Waals surface area contributed by atoms with Gasteiger partial charge in [-0.25, -0.2) is 9.78 Å². The summed E-state index contributed by atoms with van der Waals surface area (Å²) in [6.07, 6.45) is 5.54. The number of oxazole rings is 1. The molecule has 0 bridgehead atoms. The van der Waals surface area contributed by atoms with Crippen molar-refractivity contribution in [2.75, 3.05) is 6.54 Å². The number of nitrogens with zero attached hydrogens (tertiary/aromatic N) is 2. The lowest BCUT2D eigenvalue weighted by molar-refractivity contribution is 0.0603. The highest BCUT2D eigenvalue weighted by atomic mass is 16.7. The van der Waals surface area contributed by atoms with E-state index in [0.29, 0.717) is 12.5 Å². The number of likely N-dealkylation sites (tertiary alicyclic amines) is 1. The van der Waals surface area contributed by atoms with Crippen LogP contribution in [0.5, 0.6) is 0 Å². The number of nitrogens with two attached hydrogens (primary N) is 1. The molecule has 1 fully saturated rings. The van der Waals surface area contributed by atoms with Crippen LogP contribution in [-0.4, -0.2) is 28.6 Å². The summed E-state index contributed by atoms with van der Waals surface area (Å²) in [5.41, 5.74) is 0. The van der Waals surface area contributed by atoms with Crippen molar-refractivity contribution < 1.29 is 14.0 Å². The molecule has 1 aliphatic heterocycles. The average molecular weight is 267 g/mol. The highest BCUT2D eigenvalue weighted by molar-refractivity contribution is 5.67. The van der Waals surface area contributed by atoms with Crippen LogP contribution in [0.1, 0.15) is 44.8 Å². The Balaban J connectivity index is 2.08. The van der Waals surface area contributed by atoms with Crippen LogP contribution in [0.15, 0.2) is 17.0 Å². The molecule has 0 spiro atoms. The molecule has 1 saturated heterocycles. The van der Waals surface area contributed by atoms with Crippen molar-refractivity contribution in [3.63, 3.8) is 0 Å². The van der Waals surface area contributed by atoms with Gasteiger partial charge in [0, 0.05) is 18.5 Å². The van der Waals surface area contributed by atoms with Gasteiger partial charge in [0.15, 0.2) is 6.39 Å². The molecule has 19 heavy (non-hydrogen) atoms. The van der Waals surface area contributed by atoms with Gasteiger partial charge in [-0.05, 0) is 25.2 Å². The van der Waals surface area contributed by atoms with E-state index in [4.69, 9.17) is 10.3 Å². The highest BCUT2D eigenvalue weighted by Crippen LogP contribution is 2.32. The van der Waals surface area contributed by atoms with Crippen molar-refractivity contribution >= 4 is 6.09 Å². The van der Waals surface area contributed by atoms with Crippen LogP contribution in [0.25, 0.3) is 0 Å². The Morgan fingerprint density at radius 3 is 3.00 bits per heavy atom. The molecule has 2 N–H and O–H groups in total. The van der Waals surface area contributed by atoms with Crippen molar-refractivity contribution in [2.45, 2.75) is 45.1 Å². The van der Waals surface area contributed by atoms with Gasteiger partial charge in [-0.3, -0.25) is 0 Å². The van der Waals surface area contributed by atoms with Gasteiger partial charge in [0.1, 0.15) is 5.76 Å². The summed E-state index contributed by atoms with van der Waals surface area (Å²) in [5, 5.41) is 0. The van der Waals surface area contributed by atoms with Crippen molar-refractivity contribution in [1.82, 2.24) is 9.88 Å². The van der Waals surface area contributed by atoms with Crippen LogP contribution in [0.2, 0.25) is 0 Å². The summed E-state index contributed by atoms with van der Waals surface area (Å²) >= 11 is 0. The standard InChI is InChI=1S/C13H21N3O3/c1-9(2)5-11-4-3-10(12-6-15-8-18-12)7-16(11)13(17)19-14/h6,8-11H,3-5,7,14H2,1-2H3. The SMILES string of the molecule is CC(C)CC1CCC(c2cnco2)CN1C(=O)ON. The molecular formula is C13H21N3O3. The zero-order valence-corrected chi connectivity index (χ0v) is 11.4. The minimum absolute atomic E-state index is 0.171. The smallest absolute Gasteiger partial charge is 0.428 e. The molecule has 0 aliphatic carbocycles. The van der Waals surface area contributed by atoms with Crippen molar-refractivity contribution in [3.05, 3.63) is 18.4 Å². The molecule has 2 rings (SSSR count). The van der Waals surface area contributed by atoms with Crippen LogP contribution in [0.4, 0.5) is 4.79 Å². The van der Waals surface area contributed by atoms with E-state index in [-0.39, 0.29) is 12.0 Å². The van der Waals surface area contributed by atoms with Gasteiger partial charge in [0.2, 0.25) is 0 Å². The van der Waals surface area contributed by atoms with Gasteiger partial charge in [-0.15, -0.1) is 0 Å². The predicted molar refractivity (Wildman–Crippen MR) is 69.1 cm³/mol. The largest absolute Gasteiger partial charge is 0.448 e. The van der Waals surface area contributed by atoms with E-state index in [1.807, 2.05) is 0 Å². The first-order valence-corrected chi connectivity index (χ1v) is 6.67. The lowest BCUT2D eigenvalue weighted by atomic mass is 9.88. The van der Waals surface area contributed by atoms with E-state index < -0.39 is 6.09 Å². The van der Waals surface area contributed by atoms with Crippen LogP contribution >= 0.6 is 0 Å². The maximum absolute atomic E-state index is 11.8. The zero-order chi connectivity index (χ0) is 13.8. The first-order chi connectivity index (χ1) is 9.11. The monoisotopic (exact) mass is 267 g/mol. The number of rotatable bonds is 3. The van der Waals surface area contributed by atoms with Crippen molar-refractivity contribution in [1.29, 1.82) is 0 Å². The quantitative estimate of drug-likeness (QED) is 0.850. The lowest BCUT2D eigenvalue weighted by Crippen LogP contribution is -2.47. The number of piperidine rings is 1. The van der Waals surface area contributed by atoms with Gasteiger partial charge in [-0.2, -0.15) is 5.90 Å². The summed E-state index contributed by atoms with van der Waals surface area (Å²) in [6.45, 7) is 4.87. The molecule has 0 aromatic carbocycles. The van der Waals surface area contributed by atoms with Gasteiger partial charge >= 0.3 is 6.09 Å². The first-order valence-electron chi connectivity index (χ1n) is 6.67. The van der Waals surface area contributed by atoms with Gasteiger partial charge in [0.25, 0.3) is 0 Å². The van der Waals surface area contributed by atoms with Gasteiger partial charge in [-0.1, -0.05) is 13.8 Å². The van der Waals surface area contributed by atoms with E-state index in [2.05, 4.69) is 23.7 Å². The normalized spacial score (nSPS) is 23.7. The molecule has 6 heteroatoms. The first kappa shape index (κ1) is 13.9. The Labute approximate surface area is 112 Å². The van der Waals surface area contributed by atoms with E-state index in [1.165, 1.54) is 6.39 Å². The van der Waals surface area contributed by atoms with Crippen molar-refractivity contribution in [2.24, 2.45) is 11.8 Å².